The first-order valence-corrected chi connectivity index (χ1v) is 8.57. The molecule has 3 N–H and O–H groups in total. The number of carbonyl (C=O) groups is 2. The molecule has 0 fully saturated rings. The Kier molecular flexibility index (Phi) is 7.56. The van der Waals surface area contributed by atoms with Crippen molar-refractivity contribution >= 4 is 18.1 Å². The monoisotopic (exact) mass is 360 g/mol. The lowest BCUT2D eigenvalue weighted by molar-refractivity contribution is -0.154. The molecule has 0 unspecified atom stereocenters. The summed E-state index contributed by atoms with van der Waals surface area (Å²) in [7, 11) is 0. The molecule has 0 bridgehead atoms. The molecule has 0 saturated carbocycles. The fourth-order valence-corrected chi connectivity index (χ4v) is 2.46. The van der Waals surface area contributed by atoms with E-state index in [1.807, 2.05) is 29.1 Å². The van der Waals surface area contributed by atoms with Crippen molar-refractivity contribution in [3.05, 3.63) is 36.7 Å². The number of carbonyl (C=O) groups excluding carboxylic acids is 2. The maximum absolute atomic E-state index is 12.3. The zero-order chi connectivity index (χ0) is 18.8. The third kappa shape index (κ3) is 5.85. The number of hydroxylamine groups is 2. The Hall–Kier alpha value is -2.94. The van der Waals surface area contributed by atoms with Crippen LogP contribution in [0.5, 0.6) is 0 Å². The highest BCUT2D eigenvalue weighted by atomic mass is 16.5. The van der Waals surface area contributed by atoms with Gasteiger partial charge >= 0.3 is 0 Å². The fourth-order valence-electron chi connectivity index (χ4n) is 2.46. The minimum atomic E-state index is -0.517. The van der Waals surface area contributed by atoms with Crippen molar-refractivity contribution < 1.29 is 14.8 Å². The predicted molar refractivity (Wildman–Crippen MR) is 95.3 cm³/mol. The zero-order valence-electron chi connectivity index (χ0n) is 14.7. The van der Waals surface area contributed by atoms with Gasteiger partial charge in [-0.15, -0.1) is 10.2 Å². The SMILES string of the molecule is CCCCC[C@H](CN(O)C=O)C(=O)NNc1ccc(-n2cccc2)nn1. The molecule has 2 aromatic rings. The summed E-state index contributed by atoms with van der Waals surface area (Å²) < 4.78 is 1.81. The first kappa shape index (κ1) is 19.4. The molecule has 140 valence electrons. The van der Waals surface area contributed by atoms with Gasteiger partial charge in [-0.1, -0.05) is 26.2 Å². The highest BCUT2D eigenvalue weighted by Crippen LogP contribution is 2.12. The summed E-state index contributed by atoms with van der Waals surface area (Å²) in [6.07, 6.45) is 7.42. The van der Waals surface area contributed by atoms with Crippen LogP contribution in [0.1, 0.15) is 32.6 Å². The van der Waals surface area contributed by atoms with Crippen LogP contribution in [0.2, 0.25) is 0 Å². The lowest BCUT2D eigenvalue weighted by Crippen LogP contribution is -2.40. The van der Waals surface area contributed by atoms with E-state index in [0.29, 0.717) is 29.5 Å². The number of rotatable bonds is 11. The Morgan fingerprint density at radius 3 is 2.69 bits per heavy atom. The summed E-state index contributed by atoms with van der Waals surface area (Å²) in [5.41, 5.74) is 5.27. The Morgan fingerprint density at radius 2 is 2.08 bits per heavy atom. The van der Waals surface area contributed by atoms with Crippen molar-refractivity contribution in [2.45, 2.75) is 32.6 Å². The van der Waals surface area contributed by atoms with E-state index in [4.69, 9.17) is 0 Å². The summed E-state index contributed by atoms with van der Waals surface area (Å²) in [5.74, 6) is 0.207. The van der Waals surface area contributed by atoms with E-state index < -0.39 is 5.92 Å². The molecule has 1 atom stereocenters. The topological polar surface area (TPSA) is 112 Å². The van der Waals surface area contributed by atoms with Gasteiger partial charge in [0.2, 0.25) is 12.3 Å². The molecule has 2 rings (SSSR count). The third-order valence-corrected chi connectivity index (χ3v) is 3.89. The minimum absolute atomic E-state index is 0.0566. The van der Waals surface area contributed by atoms with Crippen LogP contribution in [0, 0.1) is 5.92 Å². The van der Waals surface area contributed by atoms with Gasteiger partial charge < -0.3 is 4.57 Å². The van der Waals surface area contributed by atoms with Gasteiger partial charge in [0, 0.05) is 12.4 Å². The largest absolute Gasteiger partial charge is 0.307 e. The van der Waals surface area contributed by atoms with Crippen molar-refractivity contribution in [2.24, 2.45) is 5.92 Å². The van der Waals surface area contributed by atoms with Crippen LogP contribution in [0.15, 0.2) is 36.7 Å². The van der Waals surface area contributed by atoms with Crippen molar-refractivity contribution in [1.82, 2.24) is 25.3 Å². The predicted octanol–water partition coefficient (Wildman–Crippen LogP) is 1.75. The molecule has 0 saturated heterocycles. The van der Waals surface area contributed by atoms with Gasteiger partial charge in [-0.05, 0) is 30.7 Å². The van der Waals surface area contributed by atoms with E-state index in [1.165, 1.54) is 0 Å². The molecule has 0 spiro atoms. The third-order valence-electron chi connectivity index (χ3n) is 3.89. The number of aromatic nitrogens is 3. The zero-order valence-corrected chi connectivity index (χ0v) is 14.7. The molecule has 0 radical (unpaired) electrons. The molecule has 0 aromatic carbocycles. The first-order valence-electron chi connectivity index (χ1n) is 8.57. The smallest absolute Gasteiger partial charge is 0.243 e. The number of hydrogen-bond acceptors (Lipinski definition) is 6. The number of nitrogens with one attached hydrogen (secondary N) is 2. The van der Waals surface area contributed by atoms with Crippen LogP contribution in [-0.4, -0.2) is 43.9 Å². The number of hydrogen-bond donors (Lipinski definition) is 3. The first-order chi connectivity index (χ1) is 12.6. The van der Waals surface area contributed by atoms with Gasteiger partial charge in [-0.25, -0.2) is 5.06 Å². The lowest BCUT2D eigenvalue weighted by atomic mass is 10.0. The van der Waals surface area contributed by atoms with Gasteiger partial charge in [0.1, 0.15) is 0 Å². The molecule has 2 aromatic heterocycles. The van der Waals surface area contributed by atoms with Crippen molar-refractivity contribution in [1.29, 1.82) is 0 Å². The van der Waals surface area contributed by atoms with E-state index in [2.05, 4.69) is 28.0 Å². The van der Waals surface area contributed by atoms with Gasteiger partial charge in [-0.3, -0.25) is 25.6 Å². The van der Waals surface area contributed by atoms with E-state index >= 15 is 0 Å². The number of nitrogens with zero attached hydrogens (tertiary/aromatic N) is 4. The average molecular weight is 360 g/mol. The molecule has 2 amide bonds. The molecular formula is C17H24N6O3. The number of amides is 2. The minimum Gasteiger partial charge on any atom is -0.307 e. The molecule has 9 heteroatoms. The molecule has 0 aliphatic carbocycles. The number of unbranched alkanes of at least 4 members (excludes halogenated alkanes) is 2. The van der Waals surface area contributed by atoms with Crippen LogP contribution >= 0.6 is 0 Å². The number of hydrazine groups is 1. The van der Waals surface area contributed by atoms with Crippen molar-refractivity contribution in [3.8, 4) is 5.82 Å². The lowest BCUT2D eigenvalue weighted by Gasteiger charge is -2.19. The quantitative estimate of drug-likeness (QED) is 0.244. The summed E-state index contributed by atoms with van der Waals surface area (Å²) in [6.45, 7) is 2.01. The molecule has 26 heavy (non-hydrogen) atoms. The van der Waals surface area contributed by atoms with Gasteiger partial charge in [0.05, 0.1) is 12.5 Å². The van der Waals surface area contributed by atoms with Crippen LogP contribution in [0.25, 0.3) is 5.82 Å². The van der Waals surface area contributed by atoms with Gasteiger partial charge in [-0.2, -0.15) is 0 Å². The van der Waals surface area contributed by atoms with E-state index in [0.717, 1.165) is 19.3 Å². The number of anilines is 1. The molecule has 0 aliphatic heterocycles. The Bertz CT molecular complexity index is 674. The molecule has 9 nitrogen and oxygen atoms in total. The standard InChI is InChI=1S/C17H24N6O3/c1-2-3-4-7-14(12-23(26)13-24)17(25)21-19-15-8-9-16(20-18-15)22-10-5-6-11-22/h5-6,8-11,13-14,26H,2-4,7,12H2,1H3,(H,18,19)(H,21,25)/t14-/m1/s1. The molecule has 0 aliphatic rings. The van der Waals surface area contributed by atoms with E-state index in [9.17, 15) is 14.8 Å². The normalized spacial score (nSPS) is 11.6. The van der Waals surface area contributed by atoms with Crippen LogP contribution in [-0.2, 0) is 9.59 Å². The maximum Gasteiger partial charge on any atom is 0.243 e. The molecule has 2 heterocycles. The van der Waals surface area contributed by atoms with Crippen LogP contribution < -0.4 is 10.9 Å². The van der Waals surface area contributed by atoms with E-state index in [1.54, 1.807) is 12.1 Å². The van der Waals surface area contributed by atoms with Crippen molar-refractivity contribution in [3.63, 3.8) is 0 Å². The van der Waals surface area contributed by atoms with E-state index in [-0.39, 0.29) is 12.5 Å². The van der Waals surface area contributed by atoms with Crippen molar-refractivity contribution in [2.75, 3.05) is 12.0 Å². The Morgan fingerprint density at radius 1 is 1.31 bits per heavy atom. The Balaban J connectivity index is 1.89. The second-order valence-corrected chi connectivity index (χ2v) is 5.90. The highest BCUT2D eigenvalue weighted by molar-refractivity contribution is 5.80. The average Bonchev–Trinajstić information content (AvgIpc) is 3.20. The summed E-state index contributed by atoms with van der Waals surface area (Å²) >= 11 is 0. The van der Waals surface area contributed by atoms with Crippen LogP contribution in [0.4, 0.5) is 5.82 Å². The highest BCUT2D eigenvalue weighted by Gasteiger charge is 2.20. The molecular weight excluding hydrogens is 336 g/mol. The van der Waals surface area contributed by atoms with Crippen LogP contribution in [0.3, 0.4) is 0 Å². The van der Waals surface area contributed by atoms with Gasteiger partial charge in [0.15, 0.2) is 11.6 Å². The summed E-state index contributed by atoms with van der Waals surface area (Å²) in [5, 5.41) is 17.9. The van der Waals surface area contributed by atoms with Gasteiger partial charge in [0.25, 0.3) is 0 Å². The maximum atomic E-state index is 12.3. The second kappa shape index (κ2) is 10.1. The Labute approximate surface area is 152 Å². The second-order valence-electron chi connectivity index (χ2n) is 5.90. The fraction of sp³-hybridized carbons (Fsp3) is 0.412. The summed E-state index contributed by atoms with van der Waals surface area (Å²) in [6, 6.07) is 7.23. The summed E-state index contributed by atoms with van der Waals surface area (Å²) in [4.78, 5) is 22.9.